The van der Waals surface area contributed by atoms with Crippen LogP contribution in [0.5, 0.6) is 0 Å². The van der Waals surface area contributed by atoms with Crippen molar-refractivity contribution in [1.82, 2.24) is 4.57 Å². The minimum Gasteiger partial charge on any atom is -0.311 e. The first-order valence-electron chi connectivity index (χ1n) is 17.1. The SMILES string of the molecule is c1ccc(-c2ccccc2-c2ccc(N(c3ccccc3)c3ccc(-c4ccccc4-n4c5ccccc5c5ccccc54)cc3)cc2)cc1. The number of hydrogen-bond acceptors (Lipinski definition) is 1. The molecule has 0 N–H and O–H groups in total. The van der Waals surface area contributed by atoms with Crippen molar-refractivity contribution >= 4 is 38.9 Å². The highest BCUT2D eigenvalue weighted by Crippen LogP contribution is 2.40. The van der Waals surface area contributed by atoms with Crippen LogP contribution in [0.4, 0.5) is 17.1 Å². The van der Waals surface area contributed by atoms with E-state index < -0.39 is 0 Å². The number of nitrogens with zero attached hydrogens (tertiary/aromatic N) is 2. The molecule has 2 nitrogen and oxygen atoms in total. The van der Waals surface area contributed by atoms with Crippen molar-refractivity contribution in [3.63, 3.8) is 0 Å². The third kappa shape index (κ3) is 5.24. The summed E-state index contributed by atoms with van der Waals surface area (Å²) in [5.74, 6) is 0. The fraction of sp³-hybridized carbons (Fsp3) is 0. The maximum Gasteiger partial charge on any atom is 0.0541 e. The average Bonchev–Trinajstić information content (AvgIpc) is 3.54. The smallest absolute Gasteiger partial charge is 0.0541 e. The van der Waals surface area contributed by atoms with Crippen LogP contribution in [0.2, 0.25) is 0 Å². The molecular formula is C48H34N2. The van der Waals surface area contributed by atoms with Crippen LogP contribution in [0, 0.1) is 0 Å². The van der Waals surface area contributed by atoms with Gasteiger partial charge in [-0.15, -0.1) is 0 Å². The van der Waals surface area contributed by atoms with Gasteiger partial charge >= 0.3 is 0 Å². The van der Waals surface area contributed by atoms with Crippen LogP contribution in [0.1, 0.15) is 0 Å². The minimum absolute atomic E-state index is 1.10. The maximum atomic E-state index is 2.40. The number of anilines is 3. The molecule has 50 heavy (non-hydrogen) atoms. The van der Waals surface area contributed by atoms with E-state index in [2.05, 4.69) is 216 Å². The van der Waals surface area contributed by atoms with E-state index in [9.17, 15) is 0 Å². The molecule has 8 aromatic carbocycles. The molecule has 0 aliphatic rings. The predicted molar refractivity (Wildman–Crippen MR) is 212 cm³/mol. The molecule has 236 valence electrons. The molecule has 9 aromatic rings. The van der Waals surface area contributed by atoms with Crippen molar-refractivity contribution in [2.45, 2.75) is 0 Å². The van der Waals surface area contributed by atoms with Gasteiger partial charge in [0.05, 0.1) is 16.7 Å². The van der Waals surface area contributed by atoms with Crippen molar-refractivity contribution in [3.05, 3.63) is 206 Å². The first-order valence-corrected chi connectivity index (χ1v) is 17.1. The molecule has 0 radical (unpaired) electrons. The van der Waals surface area contributed by atoms with Gasteiger partial charge in [-0.25, -0.2) is 0 Å². The highest BCUT2D eigenvalue weighted by molar-refractivity contribution is 6.09. The summed E-state index contributed by atoms with van der Waals surface area (Å²) >= 11 is 0. The number of para-hydroxylation sites is 4. The zero-order valence-corrected chi connectivity index (χ0v) is 27.5. The molecule has 0 spiro atoms. The Bertz CT molecular complexity index is 2510. The second-order valence-corrected chi connectivity index (χ2v) is 12.6. The van der Waals surface area contributed by atoms with E-state index in [0.29, 0.717) is 0 Å². The number of aromatic nitrogens is 1. The van der Waals surface area contributed by atoms with E-state index in [4.69, 9.17) is 0 Å². The summed E-state index contributed by atoms with van der Waals surface area (Å²) < 4.78 is 2.40. The molecule has 0 fully saturated rings. The summed E-state index contributed by atoms with van der Waals surface area (Å²) in [4.78, 5) is 2.33. The fourth-order valence-corrected chi connectivity index (χ4v) is 7.30. The van der Waals surface area contributed by atoms with Gasteiger partial charge in [0, 0.05) is 33.4 Å². The molecule has 0 amide bonds. The molecule has 0 atom stereocenters. The topological polar surface area (TPSA) is 8.17 Å². The van der Waals surface area contributed by atoms with E-state index in [1.165, 1.54) is 60.9 Å². The Hall–Kier alpha value is -6.64. The molecule has 2 heteroatoms. The van der Waals surface area contributed by atoms with Gasteiger partial charge in [0.2, 0.25) is 0 Å². The van der Waals surface area contributed by atoms with Gasteiger partial charge < -0.3 is 9.47 Å². The van der Waals surface area contributed by atoms with Crippen molar-refractivity contribution in [1.29, 1.82) is 0 Å². The highest BCUT2D eigenvalue weighted by Gasteiger charge is 2.17. The van der Waals surface area contributed by atoms with Gasteiger partial charge in [-0.05, 0) is 82.4 Å². The van der Waals surface area contributed by atoms with Gasteiger partial charge in [0.1, 0.15) is 0 Å². The lowest BCUT2D eigenvalue weighted by atomic mass is 9.94. The van der Waals surface area contributed by atoms with Crippen molar-refractivity contribution in [2.24, 2.45) is 0 Å². The standard InChI is InChI=1S/C48H34N2/c1-3-15-35(16-4-1)41-19-7-8-20-42(41)36-27-31-39(32-28-36)49(38-17-5-2-6-18-38)40-33-29-37(30-34-40)43-21-9-12-24-46(43)50-47-25-13-10-22-44(47)45-23-11-14-26-48(45)50/h1-34H. The van der Waals surface area contributed by atoms with E-state index in [0.717, 1.165) is 17.1 Å². The summed E-state index contributed by atoms with van der Waals surface area (Å²) in [6, 6.07) is 73.9. The third-order valence-corrected chi connectivity index (χ3v) is 9.62. The Labute approximate surface area is 292 Å². The molecule has 0 saturated heterocycles. The lowest BCUT2D eigenvalue weighted by Crippen LogP contribution is -2.09. The minimum atomic E-state index is 1.10. The van der Waals surface area contributed by atoms with Crippen LogP contribution in [-0.4, -0.2) is 4.57 Å². The molecule has 0 aliphatic heterocycles. The molecule has 0 unspecified atom stereocenters. The summed E-state index contributed by atoms with van der Waals surface area (Å²) in [7, 11) is 0. The number of rotatable bonds is 7. The number of fused-ring (bicyclic) bond motifs is 3. The van der Waals surface area contributed by atoms with Crippen LogP contribution in [-0.2, 0) is 0 Å². The van der Waals surface area contributed by atoms with E-state index in [-0.39, 0.29) is 0 Å². The quantitative estimate of drug-likeness (QED) is 0.169. The number of benzene rings is 8. The third-order valence-electron chi connectivity index (χ3n) is 9.62. The maximum absolute atomic E-state index is 2.40. The largest absolute Gasteiger partial charge is 0.311 e. The van der Waals surface area contributed by atoms with E-state index in [1.54, 1.807) is 0 Å². The monoisotopic (exact) mass is 638 g/mol. The molecule has 1 heterocycles. The first kappa shape index (κ1) is 29.5. The Morgan fingerprint density at radius 3 is 1.22 bits per heavy atom. The highest BCUT2D eigenvalue weighted by atomic mass is 15.1. The summed E-state index contributed by atoms with van der Waals surface area (Å²) in [6.45, 7) is 0. The number of hydrogen-bond donors (Lipinski definition) is 0. The Morgan fingerprint density at radius 2 is 0.660 bits per heavy atom. The van der Waals surface area contributed by atoms with Gasteiger partial charge in [-0.2, -0.15) is 0 Å². The van der Waals surface area contributed by atoms with Gasteiger partial charge in [-0.1, -0.05) is 152 Å². The fourth-order valence-electron chi connectivity index (χ4n) is 7.30. The predicted octanol–water partition coefficient (Wildman–Crippen LogP) is 13.3. The molecule has 0 saturated carbocycles. The van der Waals surface area contributed by atoms with Crippen molar-refractivity contribution in [2.75, 3.05) is 4.90 Å². The Morgan fingerprint density at radius 1 is 0.280 bits per heavy atom. The second kappa shape index (κ2) is 12.8. The van der Waals surface area contributed by atoms with Crippen LogP contribution in [0.25, 0.3) is 60.9 Å². The lowest BCUT2D eigenvalue weighted by Gasteiger charge is -2.26. The van der Waals surface area contributed by atoms with Gasteiger partial charge in [0.15, 0.2) is 0 Å². The van der Waals surface area contributed by atoms with Crippen LogP contribution >= 0.6 is 0 Å². The summed E-state index contributed by atoms with van der Waals surface area (Å²) in [5, 5.41) is 2.53. The first-order chi connectivity index (χ1) is 24.8. The Kier molecular flexibility index (Phi) is 7.53. The van der Waals surface area contributed by atoms with Crippen molar-refractivity contribution < 1.29 is 0 Å². The summed E-state index contributed by atoms with van der Waals surface area (Å²) in [6.07, 6.45) is 0. The van der Waals surface area contributed by atoms with E-state index >= 15 is 0 Å². The summed E-state index contributed by atoms with van der Waals surface area (Å²) in [5.41, 5.74) is 14.2. The molecule has 0 aliphatic carbocycles. The molecular weight excluding hydrogens is 605 g/mol. The zero-order valence-electron chi connectivity index (χ0n) is 27.5. The Balaban J connectivity index is 1.11. The zero-order chi connectivity index (χ0) is 33.3. The van der Waals surface area contributed by atoms with Gasteiger partial charge in [0.25, 0.3) is 0 Å². The average molecular weight is 639 g/mol. The van der Waals surface area contributed by atoms with Crippen molar-refractivity contribution in [3.8, 4) is 39.1 Å². The second-order valence-electron chi connectivity index (χ2n) is 12.6. The van der Waals surface area contributed by atoms with Gasteiger partial charge in [-0.3, -0.25) is 0 Å². The van der Waals surface area contributed by atoms with E-state index in [1.807, 2.05) is 0 Å². The van der Waals surface area contributed by atoms with Crippen LogP contribution in [0.15, 0.2) is 206 Å². The van der Waals surface area contributed by atoms with Crippen LogP contribution in [0.3, 0.4) is 0 Å². The van der Waals surface area contributed by atoms with Crippen LogP contribution < -0.4 is 4.90 Å². The molecule has 0 bridgehead atoms. The molecule has 9 rings (SSSR count). The molecule has 1 aromatic heterocycles. The normalized spacial score (nSPS) is 11.2. The lowest BCUT2D eigenvalue weighted by molar-refractivity contribution is 1.18.